The molecule has 0 aliphatic heterocycles. The molecule has 0 aliphatic rings. The molecule has 4 nitrogen and oxygen atoms in total. The fourth-order valence-corrected chi connectivity index (χ4v) is 1.65. The van der Waals surface area contributed by atoms with Gasteiger partial charge in [0.2, 0.25) is 0 Å². The number of benzene rings is 1. The topological polar surface area (TPSA) is 61.0 Å². The molecule has 94 valence electrons. The Bertz CT molecular complexity index is 521. The molecule has 1 heterocycles. The number of methoxy groups -OCH3 is 1. The van der Waals surface area contributed by atoms with Crippen molar-refractivity contribution in [2.75, 3.05) is 12.8 Å². The summed E-state index contributed by atoms with van der Waals surface area (Å²) in [6, 6.07) is 4.52. The van der Waals surface area contributed by atoms with Crippen molar-refractivity contribution in [3.05, 3.63) is 35.9 Å². The van der Waals surface area contributed by atoms with Crippen molar-refractivity contribution in [3.63, 3.8) is 0 Å². The van der Waals surface area contributed by atoms with Gasteiger partial charge >= 0.3 is 0 Å². The minimum absolute atomic E-state index is 0.172. The van der Waals surface area contributed by atoms with Gasteiger partial charge in [0.1, 0.15) is 0 Å². The van der Waals surface area contributed by atoms with Crippen LogP contribution in [0, 0.1) is 5.82 Å². The van der Waals surface area contributed by atoms with Crippen LogP contribution in [0.1, 0.15) is 12.6 Å². The molecule has 0 unspecified atom stereocenters. The molecule has 2 aromatic rings. The lowest BCUT2D eigenvalue weighted by Gasteiger charge is -2.07. The van der Waals surface area contributed by atoms with Crippen LogP contribution >= 0.6 is 0 Å². The van der Waals surface area contributed by atoms with Crippen LogP contribution in [-0.4, -0.2) is 17.1 Å². The van der Waals surface area contributed by atoms with Gasteiger partial charge in [0.15, 0.2) is 17.4 Å². The lowest BCUT2D eigenvalue weighted by Crippen LogP contribution is -2.00. The molecule has 2 rings (SSSR count). The van der Waals surface area contributed by atoms with Gasteiger partial charge in [0.05, 0.1) is 24.7 Å². The summed E-state index contributed by atoms with van der Waals surface area (Å²) >= 11 is 0. The van der Waals surface area contributed by atoms with E-state index >= 15 is 0 Å². The molecule has 0 spiro atoms. The van der Waals surface area contributed by atoms with Gasteiger partial charge in [-0.3, -0.25) is 0 Å². The normalized spacial score (nSPS) is 10.4. The number of halogens is 1. The number of nitrogens with two attached hydrogens (primary N) is 1. The third kappa shape index (κ3) is 2.25. The zero-order valence-corrected chi connectivity index (χ0v) is 10.3. The second-order valence-electron chi connectivity index (χ2n) is 3.80. The number of hydrogen-bond donors (Lipinski definition) is 1. The minimum Gasteiger partial charge on any atom is -0.494 e. The van der Waals surface area contributed by atoms with Crippen LogP contribution in [0.5, 0.6) is 5.75 Å². The van der Waals surface area contributed by atoms with Crippen LogP contribution in [0.2, 0.25) is 0 Å². The largest absolute Gasteiger partial charge is 0.494 e. The Balaban J connectivity index is 2.48. The predicted molar refractivity (Wildman–Crippen MR) is 67.8 cm³/mol. The summed E-state index contributed by atoms with van der Waals surface area (Å²) in [6.45, 7) is 1.97. The summed E-state index contributed by atoms with van der Waals surface area (Å²) < 4.78 is 18.2. The highest BCUT2D eigenvalue weighted by molar-refractivity contribution is 5.59. The summed E-state index contributed by atoms with van der Waals surface area (Å²) in [4.78, 5) is 8.50. The zero-order valence-electron chi connectivity index (χ0n) is 10.3. The molecule has 0 saturated heterocycles. The molecular formula is C13H14FN3O. The number of nitrogen functional groups attached to an aromatic ring is 1. The number of hydrogen-bond acceptors (Lipinski definition) is 4. The van der Waals surface area contributed by atoms with Crippen molar-refractivity contribution in [3.8, 4) is 17.1 Å². The second kappa shape index (κ2) is 5.00. The minimum atomic E-state index is -0.410. The maximum Gasteiger partial charge on any atom is 0.165 e. The molecular weight excluding hydrogens is 233 g/mol. The maximum atomic E-state index is 13.3. The van der Waals surface area contributed by atoms with Crippen LogP contribution in [0.25, 0.3) is 11.4 Å². The first-order valence-electron chi connectivity index (χ1n) is 5.61. The van der Waals surface area contributed by atoms with Crippen LogP contribution in [-0.2, 0) is 6.42 Å². The molecule has 0 saturated carbocycles. The van der Waals surface area contributed by atoms with Crippen LogP contribution in [0.3, 0.4) is 0 Å². The Labute approximate surface area is 105 Å². The number of rotatable bonds is 3. The van der Waals surface area contributed by atoms with Gasteiger partial charge in [-0.05, 0) is 24.6 Å². The Hall–Kier alpha value is -2.17. The molecule has 2 N–H and O–H groups in total. The highest BCUT2D eigenvalue weighted by Gasteiger charge is 2.09. The number of ether oxygens (including phenoxy) is 1. The zero-order chi connectivity index (χ0) is 13.1. The highest BCUT2D eigenvalue weighted by Crippen LogP contribution is 2.24. The Morgan fingerprint density at radius 2 is 2.17 bits per heavy atom. The van der Waals surface area contributed by atoms with Crippen LogP contribution in [0.4, 0.5) is 10.1 Å². The Morgan fingerprint density at radius 1 is 1.39 bits per heavy atom. The molecule has 18 heavy (non-hydrogen) atoms. The number of aryl methyl sites for hydroxylation is 1. The van der Waals surface area contributed by atoms with E-state index in [4.69, 9.17) is 10.5 Å². The van der Waals surface area contributed by atoms with Crippen molar-refractivity contribution in [2.24, 2.45) is 0 Å². The Kier molecular flexibility index (Phi) is 3.41. The van der Waals surface area contributed by atoms with E-state index in [1.165, 1.54) is 13.2 Å². The van der Waals surface area contributed by atoms with Gasteiger partial charge in [-0.25, -0.2) is 14.4 Å². The molecule has 1 aromatic heterocycles. The van der Waals surface area contributed by atoms with E-state index in [-0.39, 0.29) is 5.75 Å². The summed E-state index contributed by atoms with van der Waals surface area (Å²) in [5.74, 6) is 0.276. The molecule has 1 aromatic carbocycles. The van der Waals surface area contributed by atoms with E-state index in [0.717, 1.165) is 12.1 Å². The number of nitrogens with zero attached hydrogens (tertiary/aromatic N) is 2. The van der Waals surface area contributed by atoms with Crippen molar-refractivity contribution < 1.29 is 9.13 Å². The van der Waals surface area contributed by atoms with Gasteiger partial charge in [0.25, 0.3) is 0 Å². The molecule has 0 fully saturated rings. The third-order valence-electron chi connectivity index (χ3n) is 2.64. The Morgan fingerprint density at radius 3 is 2.83 bits per heavy atom. The summed E-state index contributed by atoms with van der Waals surface area (Å²) in [6.07, 6.45) is 2.29. The third-order valence-corrected chi connectivity index (χ3v) is 2.64. The van der Waals surface area contributed by atoms with Gasteiger partial charge < -0.3 is 10.5 Å². The number of aromatic nitrogens is 2. The van der Waals surface area contributed by atoms with E-state index in [9.17, 15) is 4.39 Å². The first-order chi connectivity index (χ1) is 8.65. The van der Waals surface area contributed by atoms with Crippen molar-refractivity contribution in [1.29, 1.82) is 0 Å². The van der Waals surface area contributed by atoms with Crippen molar-refractivity contribution >= 4 is 5.69 Å². The van der Waals surface area contributed by atoms with E-state index in [1.54, 1.807) is 18.3 Å². The van der Waals surface area contributed by atoms with E-state index in [2.05, 4.69) is 9.97 Å². The number of anilines is 1. The van der Waals surface area contributed by atoms with Gasteiger partial charge in [-0.1, -0.05) is 6.92 Å². The lowest BCUT2D eigenvalue weighted by molar-refractivity contribution is 0.387. The van der Waals surface area contributed by atoms with Gasteiger partial charge in [-0.2, -0.15) is 0 Å². The molecule has 0 aliphatic carbocycles. The van der Waals surface area contributed by atoms with Gasteiger partial charge in [-0.15, -0.1) is 0 Å². The quantitative estimate of drug-likeness (QED) is 0.904. The summed E-state index contributed by atoms with van der Waals surface area (Å²) in [5, 5.41) is 0. The second-order valence-corrected chi connectivity index (χ2v) is 3.80. The molecule has 0 amide bonds. The molecule has 0 atom stereocenters. The molecule has 0 radical (unpaired) electrons. The fraction of sp³-hybridized carbons (Fsp3) is 0.231. The maximum absolute atomic E-state index is 13.3. The lowest BCUT2D eigenvalue weighted by atomic mass is 10.2. The molecule has 0 bridgehead atoms. The fourth-order valence-electron chi connectivity index (χ4n) is 1.65. The first kappa shape index (κ1) is 12.3. The van der Waals surface area contributed by atoms with Crippen LogP contribution < -0.4 is 10.5 Å². The SMILES string of the molecule is CCc1nc(-c2ccc(F)c(OC)c2)ncc1N. The van der Waals surface area contributed by atoms with Crippen molar-refractivity contribution in [1.82, 2.24) is 9.97 Å². The average molecular weight is 247 g/mol. The monoisotopic (exact) mass is 247 g/mol. The predicted octanol–water partition coefficient (Wildman–Crippen LogP) is 2.44. The van der Waals surface area contributed by atoms with E-state index < -0.39 is 5.82 Å². The smallest absolute Gasteiger partial charge is 0.165 e. The van der Waals surface area contributed by atoms with E-state index in [0.29, 0.717) is 17.1 Å². The molecule has 5 heteroatoms. The van der Waals surface area contributed by atoms with Crippen LogP contribution in [0.15, 0.2) is 24.4 Å². The summed E-state index contributed by atoms with van der Waals surface area (Å²) in [5.41, 5.74) is 7.79. The average Bonchev–Trinajstić information content (AvgIpc) is 2.40. The standard InChI is InChI=1S/C13H14FN3O/c1-3-11-10(15)7-16-13(17-11)8-4-5-9(14)12(6-8)18-2/h4-7H,3,15H2,1-2H3. The first-order valence-corrected chi connectivity index (χ1v) is 5.61. The van der Waals surface area contributed by atoms with Gasteiger partial charge in [0, 0.05) is 5.56 Å². The van der Waals surface area contributed by atoms with E-state index in [1.807, 2.05) is 6.92 Å². The highest BCUT2D eigenvalue weighted by atomic mass is 19.1. The van der Waals surface area contributed by atoms with Crippen molar-refractivity contribution in [2.45, 2.75) is 13.3 Å². The summed E-state index contributed by atoms with van der Waals surface area (Å²) in [7, 11) is 1.42.